The number of nitrogens with two attached hydrogens (primary N) is 1. The minimum atomic E-state index is -5.31. The van der Waals surface area contributed by atoms with Crippen LogP contribution < -0.4 is 11.1 Å². The van der Waals surface area contributed by atoms with Crippen molar-refractivity contribution in [1.29, 1.82) is 0 Å². The van der Waals surface area contributed by atoms with Gasteiger partial charge in [0.1, 0.15) is 12.0 Å². The highest BCUT2D eigenvalue weighted by molar-refractivity contribution is 7.90. The average molecular weight is 379 g/mol. The van der Waals surface area contributed by atoms with E-state index < -0.39 is 21.7 Å². The molecule has 3 N–H and O–H groups in total. The van der Waals surface area contributed by atoms with Crippen molar-refractivity contribution in [3.8, 4) is 0 Å². The summed E-state index contributed by atoms with van der Waals surface area (Å²) in [6.45, 7) is 0.151. The lowest BCUT2D eigenvalue weighted by Crippen LogP contribution is -2.57. The molecule has 0 spiro atoms. The van der Waals surface area contributed by atoms with Gasteiger partial charge in [-0.05, 0) is 19.4 Å². The molecule has 25 heavy (non-hydrogen) atoms. The van der Waals surface area contributed by atoms with E-state index >= 15 is 0 Å². The summed E-state index contributed by atoms with van der Waals surface area (Å²) in [4.78, 5) is 0. The van der Waals surface area contributed by atoms with Crippen LogP contribution in [0.1, 0.15) is 12.8 Å². The van der Waals surface area contributed by atoms with Crippen LogP contribution in [0.5, 0.6) is 0 Å². The van der Waals surface area contributed by atoms with E-state index in [4.69, 9.17) is 5.73 Å². The first-order valence-corrected chi connectivity index (χ1v) is 9.42. The predicted molar refractivity (Wildman–Crippen MR) is 86.6 cm³/mol. The second-order valence-electron chi connectivity index (χ2n) is 6.14. The Bertz CT molecular complexity index is 716. The normalized spacial score (nSPS) is 27.6. The van der Waals surface area contributed by atoms with Crippen molar-refractivity contribution in [2.24, 2.45) is 16.8 Å². The number of amidine groups is 1. The van der Waals surface area contributed by atoms with Gasteiger partial charge in [0.05, 0.1) is 13.1 Å². The second kappa shape index (κ2) is 6.61. The summed E-state index contributed by atoms with van der Waals surface area (Å²) >= 11 is 0. The van der Waals surface area contributed by atoms with Gasteiger partial charge in [-0.1, -0.05) is 23.8 Å². The number of nitrogens with zero attached hydrogens (tertiary/aromatic N) is 3. The van der Waals surface area contributed by atoms with Gasteiger partial charge in [0, 0.05) is 12.5 Å². The van der Waals surface area contributed by atoms with Gasteiger partial charge in [0.2, 0.25) is 0 Å². The molecular formula is C14H20F3N5O2S. The van der Waals surface area contributed by atoms with Gasteiger partial charge in [0.15, 0.2) is 0 Å². The summed E-state index contributed by atoms with van der Waals surface area (Å²) in [5.41, 5.74) is 1.39. The Morgan fingerprint density at radius 2 is 2.12 bits per heavy atom. The molecule has 3 aliphatic rings. The summed E-state index contributed by atoms with van der Waals surface area (Å²) in [5, 5.41) is 9.09. The molecule has 0 aromatic heterocycles. The Labute approximate surface area is 144 Å². The predicted octanol–water partition coefficient (Wildman–Crippen LogP) is 0.548. The van der Waals surface area contributed by atoms with Crippen LogP contribution in [0.25, 0.3) is 0 Å². The van der Waals surface area contributed by atoms with E-state index in [1.165, 1.54) is 0 Å². The number of alkyl halides is 3. The van der Waals surface area contributed by atoms with Gasteiger partial charge in [0.25, 0.3) is 0 Å². The van der Waals surface area contributed by atoms with Crippen molar-refractivity contribution < 1.29 is 21.6 Å². The summed E-state index contributed by atoms with van der Waals surface area (Å²) in [7, 11) is -5.31. The van der Waals surface area contributed by atoms with Gasteiger partial charge >= 0.3 is 15.5 Å². The van der Waals surface area contributed by atoms with Crippen LogP contribution in [0.15, 0.2) is 28.9 Å². The van der Waals surface area contributed by atoms with Crippen LogP contribution in [-0.4, -0.2) is 61.4 Å². The summed E-state index contributed by atoms with van der Waals surface area (Å²) in [6, 6.07) is 0. The first kappa shape index (κ1) is 18.2. The maximum Gasteiger partial charge on any atom is 0.511 e. The lowest BCUT2D eigenvalue weighted by Gasteiger charge is -2.35. The lowest BCUT2D eigenvalue weighted by atomic mass is 9.94. The van der Waals surface area contributed by atoms with E-state index in [0.717, 1.165) is 18.4 Å². The minimum absolute atomic E-state index is 0.000187. The minimum Gasteiger partial charge on any atom is -0.349 e. The molecule has 0 radical (unpaired) electrons. The number of hydrogen-bond donors (Lipinski definition) is 2. The van der Waals surface area contributed by atoms with Crippen molar-refractivity contribution >= 4 is 15.9 Å². The van der Waals surface area contributed by atoms with Crippen LogP contribution in [0, 0.1) is 5.92 Å². The summed E-state index contributed by atoms with van der Waals surface area (Å²) < 4.78 is 61.7. The Morgan fingerprint density at radius 3 is 2.72 bits per heavy atom. The van der Waals surface area contributed by atoms with E-state index in [1.807, 2.05) is 12.2 Å². The fourth-order valence-electron chi connectivity index (χ4n) is 3.09. The zero-order chi connectivity index (χ0) is 18.2. The fourth-order valence-corrected chi connectivity index (χ4v) is 4.04. The second-order valence-corrected chi connectivity index (χ2v) is 8.07. The Hall–Kier alpha value is -1.59. The zero-order valence-electron chi connectivity index (χ0n) is 13.4. The summed E-state index contributed by atoms with van der Waals surface area (Å²) in [5.74, 6) is 0.648. The largest absolute Gasteiger partial charge is 0.511 e. The van der Waals surface area contributed by atoms with Crippen LogP contribution >= 0.6 is 0 Å². The molecule has 11 heteroatoms. The third kappa shape index (κ3) is 3.53. The Balaban J connectivity index is 1.64. The maximum atomic E-state index is 12.7. The Morgan fingerprint density at radius 1 is 1.36 bits per heavy atom. The van der Waals surface area contributed by atoms with Crippen LogP contribution in [0.3, 0.4) is 0 Å². The third-order valence-corrected chi connectivity index (χ3v) is 6.06. The van der Waals surface area contributed by atoms with Gasteiger partial charge in [-0.25, -0.2) is 8.42 Å². The van der Waals surface area contributed by atoms with Gasteiger partial charge < -0.3 is 11.1 Å². The van der Waals surface area contributed by atoms with Crippen molar-refractivity contribution in [3.63, 3.8) is 0 Å². The quantitative estimate of drug-likeness (QED) is 0.744. The molecule has 7 nitrogen and oxygen atoms in total. The monoisotopic (exact) mass is 379 g/mol. The molecule has 0 bridgehead atoms. The highest BCUT2D eigenvalue weighted by atomic mass is 32.2. The van der Waals surface area contributed by atoms with Crippen molar-refractivity contribution in [2.75, 3.05) is 26.2 Å². The number of piperazine rings is 1. The lowest BCUT2D eigenvalue weighted by molar-refractivity contribution is -0.0508. The van der Waals surface area contributed by atoms with E-state index in [-0.39, 0.29) is 25.6 Å². The van der Waals surface area contributed by atoms with Gasteiger partial charge in [-0.3, -0.25) is 5.01 Å². The molecule has 0 amide bonds. The molecule has 3 rings (SSSR count). The summed E-state index contributed by atoms with van der Waals surface area (Å²) in [6.07, 6.45) is 6.97. The Kier molecular flexibility index (Phi) is 4.82. The molecule has 2 unspecified atom stereocenters. The first-order valence-electron chi connectivity index (χ1n) is 7.98. The zero-order valence-corrected chi connectivity index (χ0v) is 14.2. The number of nitrogens with one attached hydrogen (secondary N) is 1. The molecule has 1 fully saturated rings. The topological polar surface area (TPSA) is 91.0 Å². The molecule has 1 aliphatic carbocycles. The van der Waals surface area contributed by atoms with Gasteiger partial charge in [-0.15, -0.1) is 0 Å². The molecule has 140 valence electrons. The van der Waals surface area contributed by atoms with E-state index in [0.29, 0.717) is 16.7 Å². The molecule has 0 aromatic rings. The van der Waals surface area contributed by atoms with E-state index in [2.05, 4.69) is 16.5 Å². The van der Waals surface area contributed by atoms with Crippen molar-refractivity contribution in [2.45, 2.75) is 24.5 Å². The molecule has 2 heterocycles. The average Bonchev–Trinajstić information content (AvgIpc) is 2.98. The SMILES string of the molecule is NCCC1=CCC(C2=NN3CCN(S(=O)(=O)C(F)(F)F)CC3N2)C=C1. The molecule has 0 aromatic carbocycles. The number of hydrazone groups is 1. The molecular weight excluding hydrogens is 359 g/mol. The first-order chi connectivity index (χ1) is 11.7. The van der Waals surface area contributed by atoms with Crippen molar-refractivity contribution in [3.05, 3.63) is 23.8 Å². The standard InChI is InChI=1S/C14H20F3N5O2S/c15-14(16,17)25(23,24)21-7-8-22-12(9-21)19-13(20-22)11-3-1-10(2-4-11)5-6-18/h1-3,11-12H,4-9,18H2,(H,19,20). The third-order valence-electron chi connectivity index (χ3n) is 4.46. The number of allylic oxidation sites excluding steroid dienone is 2. The molecule has 2 atom stereocenters. The number of rotatable bonds is 4. The maximum absolute atomic E-state index is 12.7. The van der Waals surface area contributed by atoms with Crippen LogP contribution in [-0.2, 0) is 10.0 Å². The van der Waals surface area contributed by atoms with E-state index in [1.54, 1.807) is 5.01 Å². The number of hydrogen-bond acceptors (Lipinski definition) is 6. The fraction of sp³-hybridized carbons (Fsp3) is 0.643. The van der Waals surface area contributed by atoms with Gasteiger partial charge in [-0.2, -0.15) is 22.6 Å². The smallest absolute Gasteiger partial charge is 0.349 e. The molecule has 2 aliphatic heterocycles. The number of fused-ring (bicyclic) bond motifs is 1. The highest BCUT2D eigenvalue weighted by Crippen LogP contribution is 2.30. The van der Waals surface area contributed by atoms with Crippen LogP contribution in [0.2, 0.25) is 0 Å². The van der Waals surface area contributed by atoms with Crippen molar-refractivity contribution in [1.82, 2.24) is 14.6 Å². The number of sulfonamides is 1. The number of halogens is 3. The molecule has 1 saturated heterocycles. The van der Waals surface area contributed by atoms with Crippen LogP contribution in [0.4, 0.5) is 13.2 Å². The van der Waals surface area contributed by atoms with E-state index in [9.17, 15) is 21.6 Å². The highest BCUT2D eigenvalue weighted by Gasteiger charge is 2.52. The molecule has 0 saturated carbocycles.